The summed E-state index contributed by atoms with van der Waals surface area (Å²) in [5.41, 5.74) is 1.64. The number of carbonyl (C=O) groups excluding carboxylic acids is 1. The average molecular weight is 309 g/mol. The number of carbonyl (C=O) groups is 1. The fourth-order valence-electron chi connectivity index (χ4n) is 2.71. The van der Waals surface area contributed by atoms with E-state index >= 15 is 0 Å². The minimum absolute atomic E-state index is 0.0487. The van der Waals surface area contributed by atoms with Crippen LogP contribution in [0.4, 0.5) is 0 Å². The van der Waals surface area contributed by atoms with Crippen LogP contribution in [0, 0.1) is 12.3 Å². The first-order valence-corrected chi connectivity index (χ1v) is 8.36. The molecule has 0 radical (unpaired) electrons. The van der Waals surface area contributed by atoms with E-state index in [0.717, 1.165) is 12.7 Å². The molecule has 0 saturated heterocycles. The van der Waals surface area contributed by atoms with Gasteiger partial charge in [-0.25, -0.2) is 0 Å². The number of hydrogen-bond donors (Lipinski definition) is 1. The van der Waals surface area contributed by atoms with E-state index in [1.54, 1.807) is 0 Å². The van der Waals surface area contributed by atoms with Gasteiger partial charge in [-0.15, -0.1) is 12.3 Å². The van der Waals surface area contributed by atoms with Crippen LogP contribution in [0.25, 0.3) is 0 Å². The van der Waals surface area contributed by atoms with Gasteiger partial charge in [-0.05, 0) is 12.1 Å². The molecule has 120 valence electrons. The summed E-state index contributed by atoms with van der Waals surface area (Å²) < 4.78 is 0. The van der Waals surface area contributed by atoms with Crippen molar-refractivity contribution in [1.29, 1.82) is 0 Å². The Morgan fingerprint density at radius 3 is 2.57 bits per heavy atom. The highest BCUT2D eigenvalue weighted by Crippen LogP contribution is 2.35. The van der Waals surface area contributed by atoms with Gasteiger partial charge in [0.25, 0.3) is 5.91 Å². The maximum absolute atomic E-state index is 12.2. The second-order valence-corrected chi connectivity index (χ2v) is 6.20. The van der Waals surface area contributed by atoms with Crippen LogP contribution < -0.4 is 10.8 Å². The normalized spacial score (nSPS) is 14.1. The molecule has 1 N–H and O–H groups in total. The van der Waals surface area contributed by atoms with Gasteiger partial charge >= 0.3 is 0 Å². The van der Waals surface area contributed by atoms with Crippen LogP contribution in [0.2, 0.25) is 13.1 Å². The molecule has 0 atom stereocenters. The lowest BCUT2D eigenvalue weighted by Gasteiger charge is -2.11. The lowest BCUT2D eigenvalue weighted by atomic mass is 9.44. The fourth-order valence-corrected chi connectivity index (χ4v) is 2.71. The van der Waals surface area contributed by atoms with Crippen LogP contribution in [0.15, 0.2) is 34.5 Å². The Labute approximate surface area is 139 Å². The van der Waals surface area contributed by atoms with E-state index in [4.69, 9.17) is 6.42 Å². The number of amides is 1. The van der Waals surface area contributed by atoms with Crippen molar-refractivity contribution >= 4 is 18.1 Å². The van der Waals surface area contributed by atoms with E-state index < -0.39 is 0 Å². The van der Waals surface area contributed by atoms with Crippen molar-refractivity contribution in [2.75, 3.05) is 6.54 Å². The SMILES string of the molecule is C#CCCC1(CCNC(=O)c2ccc(B(C)CCC)cc2)N=N1. The highest BCUT2D eigenvalue weighted by Gasteiger charge is 2.38. The Hall–Kier alpha value is -2.09. The van der Waals surface area contributed by atoms with Crippen LogP contribution in [0.1, 0.15) is 43.0 Å². The average Bonchev–Trinajstić information content (AvgIpc) is 3.33. The van der Waals surface area contributed by atoms with Crippen molar-refractivity contribution in [3.05, 3.63) is 29.8 Å². The van der Waals surface area contributed by atoms with E-state index in [-0.39, 0.29) is 11.6 Å². The number of hydrogen-bond acceptors (Lipinski definition) is 3. The number of rotatable bonds is 9. The number of nitrogens with zero attached hydrogens (tertiary/aromatic N) is 2. The number of nitrogens with one attached hydrogen (secondary N) is 1. The number of terminal acetylenes is 1. The summed E-state index contributed by atoms with van der Waals surface area (Å²) in [6, 6.07) is 7.90. The number of benzene rings is 1. The fraction of sp³-hybridized carbons (Fsp3) is 0.500. The van der Waals surface area contributed by atoms with Crippen LogP contribution in [0.5, 0.6) is 0 Å². The first kappa shape index (κ1) is 17.3. The summed E-state index contributed by atoms with van der Waals surface area (Å²) in [4.78, 5) is 12.2. The topological polar surface area (TPSA) is 53.8 Å². The molecule has 1 aliphatic rings. The van der Waals surface area contributed by atoms with Gasteiger partial charge < -0.3 is 5.32 Å². The van der Waals surface area contributed by atoms with Gasteiger partial charge in [0, 0.05) is 31.4 Å². The largest absolute Gasteiger partial charge is 0.352 e. The molecule has 1 aliphatic heterocycles. The van der Waals surface area contributed by atoms with Crippen LogP contribution in [0.3, 0.4) is 0 Å². The first-order chi connectivity index (χ1) is 11.1. The highest BCUT2D eigenvalue weighted by molar-refractivity contribution is 6.71. The Kier molecular flexibility index (Phi) is 5.98. The molecule has 0 bridgehead atoms. The highest BCUT2D eigenvalue weighted by atomic mass is 16.1. The zero-order valence-electron chi connectivity index (χ0n) is 14.0. The molecular weight excluding hydrogens is 285 g/mol. The third-order valence-corrected chi connectivity index (χ3v) is 4.33. The summed E-state index contributed by atoms with van der Waals surface area (Å²) >= 11 is 0. The maximum atomic E-state index is 12.2. The zero-order chi connectivity index (χ0) is 16.7. The predicted octanol–water partition coefficient (Wildman–Crippen LogP) is 3.12. The van der Waals surface area contributed by atoms with E-state index in [9.17, 15) is 4.79 Å². The van der Waals surface area contributed by atoms with Crippen molar-refractivity contribution in [2.45, 2.75) is 51.4 Å². The van der Waals surface area contributed by atoms with Gasteiger partial charge in [0.2, 0.25) is 0 Å². The summed E-state index contributed by atoms with van der Waals surface area (Å²) in [5.74, 6) is 2.56. The monoisotopic (exact) mass is 309 g/mol. The molecule has 23 heavy (non-hydrogen) atoms. The molecule has 1 heterocycles. The van der Waals surface area contributed by atoms with Crippen molar-refractivity contribution in [3.63, 3.8) is 0 Å². The van der Waals surface area contributed by atoms with Crippen molar-refractivity contribution in [2.24, 2.45) is 10.2 Å². The van der Waals surface area contributed by atoms with Crippen molar-refractivity contribution < 1.29 is 4.79 Å². The quantitative estimate of drug-likeness (QED) is 0.553. The molecule has 2 rings (SSSR count). The van der Waals surface area contributed by atoms with Gasteiger partial charge in [0.15, 0.2) is 12.4 Å². The van der Waals surface area contributed by atoms with Crippen LogP contribution in [-0.4, -0.2) is 24.8 Å². The van der Waals surface area contributed by atoms with E-state index in [0.29, 0.717) is 31.7 Å². The maximum Gasteiger partial charge on any atom is 0.251 e. The van der Waals surface area contributed by atoms with Gasteiger partial charge in [0.1, 0.15) is 0 Å². The summed E-state index contributed by atoms with van der Waals surface area (Å²) in [5, 5.41) is 11.1. The smallest absolute Gasteiger partial charge is 0.251 e. The molecule has 0 spiro atoms. The third kappa shape index (κ3) is 4.96. The molecule has 5 heteroatoms. The van der Waals surface area contributed by atoms with Crippen molar-refractivity contribution in [1.82, 2.24) is 5.32 Å². The molecule has 0 unspecified atom stereocenters. The second kappa shape index (κ2) is 7.96. The van der Waals surface area contributed by atoms with E-state index in [1.165, 1.54) is 11.9 Å². The second-order valence-electron chi connectivity index (χ2n) is 6.20. The first-order valence-electron chi connectivity index (χ1n) is 8.36. The summed E-state index contributed by atoms with van der Waals surface area (Å²) in [6.07, 6.45) is 9.74. The molecule has 1 aromatic carbocycles. The molecule has 0 fully saturated rings. The Morgan fingerprint density at radius 2 is 2.00 bits per heavy atom. The predicted molar refractivity (Wildman–Crippen MR) is 95.4 cm³/mol. The molecule has 0 saturated carbocycles. The summed E-state index contributed by atoms with van der Waals surface area (Å²) in [7, 11) is 0. The van der Waals surface area contributed by atoms with E-state index in [2.05, 4.69) is 47.3 Å². The Morgan fingerprint density at radius 1 is 1.30 bits per heavy atom. The lowest BCUT2D eigenvalue weighted by Crippen LogP contribution is -2.29. The third-order valence-electron chi connectivity index (χ3n) is 4.33. The van der Waals surface area contributed by atoms with E-state index in [1.807, 2.05) is 12.1 Å². The van der Waals surface area contributed by atoms with Crippen molar-refractivity contribution in [3.8, 4) is 12.3 Å². The van der Waals surface area contributed by atoms with Gasteiger partial charge in [0.05, 0.1) is 0 Å². The standard InChI is InChI=1S/C18H24BN3O/c1-4-6-11-18(21-22-18)12-14-20-17(23)15-7-9-16(10-8-15)19(3)13-5-2/h1,7-10H,5-6,11-14H2,2-3H3,(H,20,23). The summed E-state index contributed by atoms with van der Waals surface area (Å²) in [6.45, 7) is 5.50. The van der Waals surface area contributed by atoms with Crippen LogP contribution >= 0.6 is 0 Å². The molecular formula is C18H24BN3O. The molecule has 0 aromatic heterocycles. The van der Waals surface area contributed by atoms with Gasteiger partial charge in [-0.2, -0.15) is 10.2 Å². The Bertz CT molecular complexity index is 598. The minimum atomic E-state index is -0.334. The molecule has 1 amide bonds. The molecule has 1 aromatic rings. The zero-order valence-corrected chi connectivity index (χ0v) is 14.0. The molecule has 4 nitrogen and oxygen atoms in total. The Balaban J connectivity index is 1.79. The van der Waals surface area contributed by atoms with Gasteiger partial charge in [-0.3, -0.25) is 4.79 Å². The van der Waals surface area contributed by atoms with Gasteiger partial charge in [-0.1, -0.05) is 44.1 Å². The van der Waals surface area contributed by atoms with Crippen LogP contribution in [-0.2, 0) is 0 Å². The lowest BCUT2D eigenvalue weighted by molar-refractivity contribution is 0.0952. The molecule has 0 aliphatic carbocycles. The minimum Gasteiger partial charge on any atom is -0.352 e.